The molecule has 1 aromatic heterocycles. The number of esters is 1. The molecule has 1 aliphatic heterocycles. The van der Waals surface area contributed by atoms with E-state index in [4.69, 9.17) is 9.37 Å². The average molecular weight is 281 g/mol. The van der Waals surface area contributed by atoms with Crippen LogP contribution < -0.4 is 0 Å². The first kappa shape index (κ1) is 15.0. The monoisotopic (exact) mass is 281 g/mol. The zero-order valence-electron chi connectivity index (χ0n) is 12.6. The number of carbonyl (C=O) groups is 1. The third kappa shape index (κ3) is 3.00. The zero-order chi connectivity index (χ0) is 14.7. The Morgan fingerprint density at radius 1 is 1.40 bits per heavy atom. The van der Waals surface area contributed by atoms with E-state index < -0.39 is 0 Å². The zero-order valence-corrected chi connectivity index (χ0v) is 12.6. The minimum absolute atomic E-state index is 0.0636. The van der Waals surface area contributed by atoms with Crippen molar-refractivity contribution in [2.75, 3.05) is 6.61 Å². The Kier molecular flexibility index (Phi) is 4.75. The van der Waals surface area contributed by atoms with Gasteiger partial charge >= 0.3 is 5.97 Å². The highest BCUT2D eigenvalue weighted by molar-refractivity contribution is 5.73. The number of likely N-dealkylation sites (tertiary alicyclic amines) is 1. The van der Waals surface area contributed by atoms with Crippen molar-refractivity contribution in [2.45, 2.75) is 59.2 Å². The lowest BCUT2D eigenvalue weighted by molar-refractivity contribution is -0.153. The molecule has 2 heterocycles. The molecule has 6 heteroatoms. The number of carbonyl (C=O) groups excluding carboxylic acids is 1. The summed E-state index contributed by atoms with van der Waals surface area (Å²) in [5, 5.41) is 7.75. The number of aryl methyl sites for hydroxylation is 1. The molecule has 0 aliphatic carbocycles. The van der Waals surface area contributed by atoms with Gasteiger partial charge in [-0.05, 0) is 40.5 Å². The van der Waals surface area contributed by atoms with Gasteiger partial charge in [0.25, 0.3) is 0 Å². The molecular weight excluding hydrogens is 258 g/mol. The second-order valence-corrected chi connectivity index (χ2v) is 5.49. The normalized spacial score (nSPS) is 27.5. The Morgan fingerprint density at radius 3 is 2.75 bits per heavy atom. The van der Waals surface area contributed by atoms with Crippen molar-refractivity contribution >= 4 is 5.97 Å². The van der Waals surface area contributed by atoms with Gasteiger partial charge in [0, 0.05) is 18.6 Å². The van der Waals surface area contributed by atoms with Crippen LogP contribution in [0.4, 0.5) is 0 Å². The average Bonchev–Trinajstić information content (AvgIpc) is 2.80. The van der Waals surface area contributed by atoms with E-state index in [0.29, 0.717) is 19.2 Å². The van der Waals surface area contributed by atoms with Crippen LogP contribution in [-0.2, 0) is 16.1 Å². The number of piperidine rings is 1. The first-order valence-electron chi connectivity index (χ1n) is 7.25. The van der Waals surface area contributed by atoms with Crippen molar-refractivity contribution in [3.05, 3.63) is 11.4 Å². The van der Waals surface area contributed by atoms with Crippen molar-refractivity contribution in [3.63, 3.8) is 0 Å². The van der Waals surface area contributed by atoms with Crippen LogP contribution in [0.3, 0.4) is 0 Å². The number of rotatable bonds is 4. The van der Waals surface area contributed by atoms with Gasteiger partial charge in [0.05, 0.1) is 12.5 Å². The minimum Gasteiger partial charge on any atom is -0.466 e. The standard InChI is InChI=1S/C14H23N3O3/c1-5-19-14(18)12-7-6-9(2)17(11(12)4)8-13-10(3)15-20-16-13/h9,11-12H,5-8H2,1-4H3/t9-,11+,12+/m1/s1. The van der Waals surface area contributed by atoms with Crippen molar-refractivity contribution < 1.29 is 14.2 Å². The van der Waals surface area contributed by atoms with Gasteiger partial charge < -0.3 is 4.74 Å². The number of hydrogen-bond donors (Lipinski definition) is 0. The summed E-state index contributed by atoms with van der Waals surface area (Å²) in [5.41, 5.74) is 1.65. The molecule has 0 spiro atoms. The highest BCUT2D eigenvalue weighted by atomic mass is 16.6. The van der Waals surface area contributed by atoms with Crippen LogP contribution >= 0.6 is 0 Å². The van der Waals surface area contributed by atoms with E-state index in [9.17, 15) is 4.79 Å². The Hall–Kier alpha value is -1.43. The van der Waals surface area contributed by atoms with Crippen molar-refractivity contribution in [1.82, 2.24) is 15.2 Å². The molecule has 0 aromatic carbocycles. The largest absolute Gasteiger partial charge is 0.466 e. The van der Waals surface area contributed by atoms with Gasteiger partial charge in [0.1, 0.15) is 11.4 Å². The molecule has 0 radical (unpaired) electrons. The molecule has 1 saturated heterocycles. The van der Waals surface area contributed by atoms with Gasteiger partial charge in [0.15, 0.2) is 0 Å². The molecule has 6 nitrogen and oxygen atoms in total. The van der Waals surface area contributed by atoms with Crippen LogP contribution in [0.5, 0.6) is 0 Å². The van der Waals surface area contributed by atoms with E-state index in [1.54, 1.807) is 0 Å². The fourth-order valence-corrected chi connectivity index (χ4v) is 2.89. The highest BCUT2D eigenvalue weighted by Crippen LogP contribution is 2.30. The Balaban J connectivity index is 2.09. The quantitative estimate of drug-likeness (QED) is 0.785. The van der Waals surface area contributed by atoms with Crippen LogP contribution in [0, 0.1) is 12.8 Å². The van der Waals surface area contributed by atoms with Crippen LogP contribution in [0.15, 0.2) is 4.63 Å². The predicted octanol–water partition coefficient (Wildman–Crippen LogP) is 1.93. The second kappa shape index (κ2) is 6.35. The maximum atomic E-state index is 12.0. The van der Waals surface area contributed by atoms with Crippen LogP contribution in [0.25, 0.3) is 0 Å². The minimum atomic E-state index is -0.0908. The summed E-state index contributed by atoms with van der Waals surface area (Å²) in [6.45, 7) is 9.09. The van der Waals surface area contributed by atoms with E-state index in [1.165, 1.54) is 0 Å². The second-order valence-electron chi connectivity index (χ2n) is 5.49. The lowest BCUT2D eigenvalue weighted by Crippen LogP contribution is -2.50. The van der Waals surface area contributed by atoms with Crippen LogP contribution in [0.2, 0.25) is 0 Å². The number of ether oxygens (including phenoxy) is 1. The van der Waals surface area contributed by atoms with E-state index in [2.05, 4.69) is 29.1 Å². The molecule has 1 fully saturated rings. The fourth-order valence-electron chi connectivity index (χ4n) is 2.89. The third-order valence-corrected chi connectivity index (χ3v) is 4.24. The lowest BCUT2D eigenvalue weighted by atomic mass is 9.86. The highest BCUT2D eigenvalue weighted by Gasteiger charge is 2.37. The van der Waals surface area contributed by atoms with Crippen LogP contribution in [0.1, 0.15) is 45.0 Å². The molecule has 20 heavy (non-hydrogen) atoms. The molecule has 0 unspecified atom stereocenters. The van der Waals surface area contributed by atoms with Gasteiger partial charge in [-0.2, -0.15) is 0 Å². The van der Waals surface area contributed by atoms with Crippen molar-refractivity contribution in [1.29, 1.82) is 0 Å². The van der Waals surface area contributed by atoms with Gasteiger partial charge in [-0.1, -0.05) is 10.3 Å². The molecule has 2 rings (SSSR count). The summed E-state index contributed by atoms with van der Waals surface area (Å²) in [7, 11) is 0. The Morgan fingerprint density at radius 2 is 2.15 bits per heavy atom. The summed E-state index contributed by atoms with van der Waals surface area (Å²) >= 11 is 0. The molecule has 0 saturated carbocycles. The van der Waals surface area contributed by atoms with E-state index in [1.807, 2.05) is 13.8 Å². The smallest absolute Gasteiger partial charge is 0.310 e. The molecule has 112 valence electrons. The van der Waals surface area contributed by atoms with Crippen LogP contribution in [-0.4, -0.2) is 39.9 Å². The Labute approximate surface area is 119 Å². The molecule has 1 aliphatic rings. The van der Waals surface area contributed by atoms with Gasteiger partial charge in [-0.25, -0.2) is 4.63 Å². The first-order valence-corrected chi connectivity index (χ1v) is 7.25. The van der Waals surface area contributed by atoms with Gasteiger partial charge in [-0.15, -0.1) is 0 Å². The molecule has 1 aromatic rings. The Bertz CT molecular complexity index is 460. The maximum absolute atomic E-state index is 12.0. The first-order chi connectivity index (χ1) is 9.54. The molecule has 0 N–H and O–H groups in total. The molecular formula is C14H23N3O3. The number of aromatic nitrogens is 2. The molecule has 0 amide bonds. The predicted molar refractivity (Wildman–Crippen MR) is 72.9 cm³/mol. The maximum Gasteiger partial charge on any atom is 0.310 e. The fraction of sp³-hybridized carbons (Fsp3) is 0.786. The summed E-state index contributed by atoms with van der Waals surface area (Å²) in [6, 6.07) is 0.542. The summed E-state index contributed by atoms with van der Waals surface area (Å²) < 4.78 is 9.93. The summed E-state index contributed by atoms with van der Waals surface area (Å²) in [4.78, 5) is 14.3. The topological polar surface area (TPSA) is 68.5 Å². The molecule has 0 bridgehead atoms. The van der Waals surface area contributed by atoms with E-state index in [0.717, 1.165) is 24.2 Å². The van der Waals surface area contributed by atoms with E-state index in [-0.39, 0.29) is 17.9 Å². The summed E-state index contributed by atoms with van der Waals surface area (Å²) in [5.74, 6) is -0.154. The third-order valence-electron chi connectivity index (χ3n) is 4.24. The number of nitrogens with zero attached hydrogens (tertiary/aromatic N) is 3. The summed E-state index contributed by atoms with van der Waals surface area (Å²) in [6.07, 6.45) is 1.87. The van der Waals surface area contributed by atoms with Gasteiger partial charge in [0.2, 0.25) is 0 Å². The van der Waals surface area contributed by atoms with Gasteiger partial charge in [-0.3, -0.25) is 9.69 Å². The van der Waals surface area contributed by atoms with E-state index >= 15 is 0 Å². The SMILES string of the molecule is CCOC(=O)[C@H]1CC[C@@H](C)N(Cc2nonc2C)[C@H]1C. The molecule has 3 atom stereocenters. The lowest BCUT2D eigenvalue weighted by Gasteiger charge is -2.42. The number of hydrogen-bond acceptors (Lipinski definition) is 6. The van der Waals surface area contributed by atoms with Crippen molar-refractivity contribution in [2.24, 2.45) is 5.92 Å². The van der Waals surface area contributed by atoms with Crippen molar-refractivity contribution in [3.8, 4) is 0 Å².